The molecular formula is C15H22FN. The van der Waals surface area contributed by atoms with Crippen LogP contribution in [0, 0.1) is 18.7 Å². The molecule has 0 aliphatic heterocycles. The van der Waals surface area contributed by atoms with Gasteiger partial charge in [0.2, 0.25) is 0 Å². The molecule has 1 aliphatic rings. The Morgan fingerprint density at radius 3 is 2.65 bits per heavy atom. The Labute approximate surface area is 103 Å². The number of hydrogen-bond donors (Lipinski definition) is 1. The van der Waals surface area contributed by atoms with Gasteiger partial charge in [0.15, 0.2) is 0 Å². The van der Waals surface area contributed by atoms with Crippen LogP contribution in [0.4, 0.5) is 4.39 Å². The largest absolute Gasteiger partial charge is 0.324 e. The first-order valence-electron chi connectivity index (χ1n) is 6.68. The van der Waals surface area contributed by atoms with E-state index in [1.807, 2.05) is 13.0 Å². The molecule has 94 valence electrons. The summed E-state index contributed by atoms with van der Waals surface area (Å²) in [5.41, 5.74) is 8.04. The van der Waals surface area contributed by atoms with E-state index < -0.39 is 0 Å². The zero-order valence-electron chi connectivity index (χ0n) is 10.6. The van der Waals surface area contributed by atoms with Gasteiger partial charge in [0, 0.05) is 6.04 Å². The lowest BCUT2D eigenvalue weighted by Gasteiger charge is -2.15. The maximum Gasteiger partial charge on any atom is 0.123 e. The summed E-state index contributed by atoms with van der Waals surface area (Å²) in [7, 11) is 0. The van der Waals surface area contributed by atoms with Crippen molar-refractivity contribution in [3.8, 4) is 0 Å². The number of benzene rings is 1. The highest BCUT2D eigenvalue weighted by Gasteiger charge is 2.16. The molecular weight excluding hydrogens is 213 g/mol. The number of aryl methyl sites for hydroxylation is 1. The third kappa shape index (κ3) is 3.53. The van der Waals surface area contributed by atoms with E-state index in [0.717, 1.165) is 23.5 Å². The van der Waals surface area contributed by atoms with Gasteiger partial charge in [0.05, 0.1) is 0 Å². The third-order valence-electron chi connectivity index (χ3n) is 3.85. The van der Waals surface area contributed by atoms with Crippen LogP contribution >= 0.6 is 0 Å². The van der Waals surface area contributed by atoms with Crippen molar-refractivity contribution >= 4 is 0 Å². The van der Waals surface area contributed by atoms with Gasteiger partial charge in [-0.25, -0.2) is 4.39 Å². The minimum absolute atomic E-state index is 0.00926. The van der Waals surface area contributed by atoms with Crippen LogP contribution in [0.1, 0.15) is 55.7 Å². The first-order chi connectivity index (χ1) is 8.15. The molecule has 1 fully saturated rings. The highest BCUT2D eigenvalue weighted by atomic mass is 19.1. The molecule has 1 aromatic carbocycles. The summed E-state index contributed by atoms with van der Waals surface area (Å²) >= 11 is 0. The van der Waals surface area contributed by atoms with E-state index in [4.69, 9.17) is 5.73 Å². The van der Waals surface area contributed by atoms with Crippen molar-refractivity contribution in [2.24, 2.45) is 11.7 Å². The minimum atomic E-state index is -0.170. The molecule has 1 atom stereocenters. The van der Waals surface area contributed by atoms with Gasteiger partial charge in [-0.15, -0.1) is 0 Å². The second-order valence-electron chi connectivity index (χ2n) is 5.40. The van der Waals surface area contributed by atoms with Crippen LogP contribution in [0.2, 0.25) is 0 Å². The average molecular weight is 235 g/mol. The van der Waals surface area contributed by atoms with Gasteiger partial charge in [-0.3, -0.25) is 0 Å². The molecule has 0 saturated heterocycles. The summed E-state index contributed by atoms with van der Waals surface area (Å²) < 4.78 is 13.3. The Morgan fingerprint density at radius 2 is 2.00 bits per heavy atom. The Balaban J connectivity index is 1.91. The summed E-state index contributed by atoms with van der Waals surface area (Å²) in [5.74, 6) is 0.687. The van der Waals surface area contributed by atoms with Crippen molar-refractivity contribution in [2.45, 2.75) is 51.5 Å². The lowest BCUT2D eigenvalue weighted by Crippen LogP contribution is -2.12. The number of rotatable bonds is 4. The van der Waals surface area contributed by atoms with Crippen molar-refractivity contribution in [3.05, 3.63) is 35.1 Å². The zero-order chi connectivity index (χ0) is 12.3. The Bertz CT molecular complexity index is 349. The lowest BCUT2D eigenvalue weighted by atomic mass is 9.94. The molecule has 0 heterocycles. The van der Waals surface area contributed by atoms with Crippen molar-refractivity contribution in [1.82, 2.24) is 0 Å². The molecule has 0 aromatic heterocycles. The first-order valence-corrected chi connectivity index (χ1v) is 6.68. The van der Waals surface area contributed by atoms with Gasteiger partial charge in [0.1, 0.15) is 5.82 Å². The van der Waals surface area contributed by atoms with Gasteiger partial charge < -0.3 is 5.73 Å². The summed E-state index contributed by atoms with van der Waals surface area (Å²) in [5, 5.41) is 0. The Hall–Kier alpha value is -0.890. The highest BCUT2D eigenvalue weighted by molar-refractivity contribution is 5.25. The SMILES string of the molecule is Cc1cc(F)cc(C(N)CCC2CCCC2)c1. The fourth-order valence-corrected chi connectivity index (χ4v) is 2.86. The van der Waals surface area contributed by atoms with E-state index >= 15 is 0 Å². The van der Waals surface area contributed by atoms with Crippen molar-refractivity contribution in [3.63, 3.8) is 0 Å². The van der Waals surface area contributed by atoms with E-state index in [1.54, 1.807) is 12.1 Å². The van der Waals surface area contributed by atoms with E-state index in [0.29, 0.717) is 0 Å². The number of hydrogen-bond acceptors (Lipinski definition) is 1. The van der Waals surface area contributed by atoms with Crippen LogP contribution in [-0.4, -0.2) is 0 Å². The van der Waals surface area contributed by atoms with Crippen molar-refractivity contribution in [1.29, 1.82) is 0 Å². The van der Waals surface area contributed by atoms with Gasteiger partial charge in [-0.2, -0.15) is 0 Å². The lowest BCUT2D eigenvalue weighted by molar-refractivity contribution is 0.453. The molecule has 0 amide bonds. The first kappa shape index (κ1) is 12.6. The molecule has 1 saturated carbocycles. The summed E-state index contributed by atoms with van der Waals surface area (Å²) in [6.45, 7) is 1.91. The fourth-order valence-electron chi connectivity index (χ4n) is 2.86. The van der Waals surface area contributed by atoms with E-state index in [1.165, 1.54) is 32.1 Å². The fraction of sp³-hybridized carbons (Fsp3) is 0.600. The molecule has 17 heavy (non-hydrogen) atoms. The molecule has 0 bridgehead atoms. The third-order valence-corrected chi connectivity index (χ3v) is 3.85. The molecule has 1 unspecified atom stereocenters. The van der Waals surface area contributed by atoms with Crippen LogP contribution in [0.25, 0.3) is 0 Å². The Kier molecular flexibility index (Phi) is 4.16. The monoisotopic (exact) mass is 235 g/mol. The standard InChI is InChI=1S/C15H22FN/c1-11-8-13(10-14(16)9-11)15(17)7-6-12-4-2-3-5-12/h8-10,12,15H,2-7,17H2,1H3. The summed E-state index contributed by atoms with van der Waals surface area (Å²) in [4.78, 5) is 0. The smallest absolute Gasteiger partial charge is 0.123 e. The molecule has 2 rings (SSSR count). The van der Waals surface area contributed by atoms with Gasteiger partial charge in [0.25, 0.3) is 0 Å². The van der Waals surface area contributed by atoms with E-state index in [9.17, 15) is 4.39 Å². The molecule has 0 radical (unpaired) electrons. The predicted octanol–water partition coefficient (Wildman–Crippen LogP) is 4.10. The predicted molar refractivity (Wildman–Crippen MR) is 69.3 cm³/mol. The van der Waals surface area contributed by atoms with Crippen LogP contribution in [0.3, 0.4) is 0 Å². The van der Waals surface area contributed by atoms with Gasteiger partial charge in [-0.05, 0) is 48.9 Å². The Morgan fingerprint density at radius 1 is 1.29 bits per heavy atom. The molecule has 1 aliphatic carbocycles. The van der Waals surface area contributed by atoms with Crippen LogP contribution in [-0.2, 0) is 0 Å². The minimum Gasteiger partial charge on any atom is -0.324 e. The summed E-state index contributed by atoms with van der Waals surface area (Å²) in [6.07, 6.45) is 7.63. The van der Waals surface area contributed by atoms with Crippen LogP contribution in [0.5, 0.6) is 0 Å². The van der Waals surface area contributed by atoms with Crippen LogP contribution < -0.4 is 5.73 Å². The molecule has 1 aromatic rings. The maximum absolute atomic E-state index is 13.3. The molecule has 0 spiro atoms. The second kappa shape index (κ2) is 5.63. The number of nitrogens with two attached hydrogens (primary N) is 1. The van der Waals surface area contributed by atoms with Crippen molar-refractivity contribution < 1.29 is 4.39 Å². The van der Waals surface area contributed by atoms with E-state index in [-0.39, 0.29) is 11.9 Å². The molecule has 2 heteroatoms. The quantitative estimate of drug-likeness (QED) is 0.835. The van der Waals surface area contributed by atoms with Gasteiger partial charge in [-0.1, -0.05) is 31.7 Å². The molecule has 1 nitrogen and oxygen atoms in total. The highest BCUT2D eigenvalue weighted by Crippen LogP contribution is 2.31. The average Bonchev–Trinajstić information content (AvgIpc) is 2.77. The number of halogens is 1. The molecule has 2 N–H and O–H groups in total. The van der Waals surface area contributed by atoms with Crippen LogP contribution in [0.15, 0.2) is 18.2 Å². The zero-order valence-corrected chi connectivity index (χ0v) is 10.6. The normalized spacial score (nSPS) is 18.5. The topological polar surface area (TPSA) is 26.0 Å². The summed E-state index contributed by atoms with van der Waals surface area (Å²) in [6, 6.07) is 5.12. The second-order valence-corrected chi connectivity index (χ2v) is 5.40. The van der Waals surface area contributed by atoms with Gasteiger partial charge >= 0.3 is 0 Å². The maximum atomic E-state index is 13.3. The van der Waals surface area contributed by atoms with E-state index in [2.05, 4.69) is 0 Å². The van der Waals surface area contributed by atoms with Crippen molar-refractivity contribution in [2.75, 3.05) is 0 Å².